The number of carbonyl (C=O) groups excluding carboxylic acids is 2. The molecule has 7 nitrogen and oxygen atoms in total. The molecule has 2 heterocycles. The van der Waals surface area contributed by atoms with Gasteiger partial charge in [-0.3, -0.25) is 14.3 Å². The van der Waals surface area contributed by atoms with Crippen LogP contribution < -0.4 is 5.32 Å². The first-order chi connectivity index (χ1) is 12.5. The summed E-state index contributed by atoms with van der Waals surface area (Å²) in [6, 6.07) is 11.4. The number of methoxy groups -OCH3 is 1. The second kappa shape index (κ2) is 7.35. The van der Waals surface area contributed by atoms with E-state index in [2.05, 4.69) is 20.1 Å². The van der Waals surface area contributed by atoms with E-state index in [0.29, 0.717) is 22.3 Å². The Bertz CT molecular complexity index is 964. The highest BCUT2D eigenvalue weighted by Gasteiger charge is 2.19. The van der Waals surface area contributed by atoms with E-state index in [1.807, 2.05) is 37.3 Å². The molecule has 0 aliphatic heterocycles. The highest BCUT2D eigenvalue weighted by molar-refractivity contribution is 6.07. The van der Waals surface area contributed by atoms with Crippen LogP contribution in [0.5, 0.6) is 0 Å². The maximum atomic E-state index is 12.7. The summed E-state index contributed by atoms with van der Waals surface area (Å²) < 4.78 is 6.26. The van der Waals surface area contributed by atoms with Gasteiger partial charge in [-0.1, -0.05) is 30.3 Å². The largest absolute Gasteiger partial charge is 0.469 e. The van der Waals surface area contributed by atoms with Gasteiger partial charge in [0.05, 0.1) is 35.9 Å². The van der Waals surface area contributed by atoms with Gasteiger partial charge in [0.25, 0.3) is 5.91 Å². The van der Waals surface area contributed by atoms with Gasteiger partial charge in [0.1, 0.15) is 0 Å². The second-order valence-electron chi connectivity index (χ2n) is 5.91. The quantitative estimate of drug-likeness (QED) is 0.712. The van der Waals surface area contributed by atoms with E-state index in [4.69, 9.17) is 0 Å². The number of nitrogens with zero attached hydrogens (tertiary/aromatic N) is 3. The van der Waals surface area contributed by atoms with E-state index in [-0.39, 0.29) is 24.8 Å². The maximum absolute atomic E-state index is 12.7. The standard InChI is InChI=1S/C19H20N4O3/c1-12-17-14(19(25)20-10-9-16(24)26-3)11-15(13-7-5-4-6-8-13)21-18(17)23(2)22-12/h4-8,11H,9-10H2,1-3H3,(H,20,25). The average Bonchev–Trinajstić information content (AvgIpc) is 2.95. The first-order valence-electron chi connectivity index (χ1n) is 8.26. The SMILES string of the molecule is COC(=O)CCNC(=O)c1cc(-c2ccccc2)nc2c1c(C)nn2C. The van der Waals surface area contributed by atoms with Crippen LogP contribution in [0.3, 0.4) is 0 Å². The van der Waals surface area contributed by atoms with Crippen molar-refractivity contribution >= 4 is 22.9 Å². The van der Waals surface area contributed by atoms with Crippen molar-refractivity contribution in [3.05, 3.63) is 47.7 Å². The number of nitrogens with one attached hydrogen (secondary N) is 1. The van der Waals surface area contributed by atoms with Crippen molar-refractivity contribution in [1.82, 2.24) is 20.1 Å². The molecule has 0 aliphatic rings. The van der Waals surface area contributed by atoms with Crippen molar-refractivity contribution in [3.8, 4) is 11.3 Å². The maximum Gasteiger partial charge on any atom is 0.307 e. The van der Waals surface area contributed by atoms with Gasteiger partial charge in [-0.25, -0.2) is 4.98 Å². The summed E-state index contributed by atoms with van der Waals surface area (Å²) in [7, 11) is 3.12. The number of hydrogen-bond acceptors (Lipinski definition) is 5. The summed E-state index contributed by atoms with van der Waals surface area (Å²) in [4.78, 5) is 28.7. The number of hydrogen-bond donors (Lipinski definition) is 1. The van der Waals surface area contributed by atoms with Crippen LogP contribution in [-0.2, 0) is 16.6 Å². The molecule has 7 heteroatoms. The smallest absolute Gasteiger partial charge is 0.307 e. The predicted molar refractivity (Wildman–Crippen MR) is 97.6 cm³/mol. The molecule has 0 saturated heterocycles. The van der Waals surface area contributed by atoms with Gasteiger partial charge in [-0.05, 0) is 13.0 Å². The molecule has 0 unspecified atom stereocenters. The molecule has 2 aromatic heterocycles. The molecule has 0 spiro atoms. The van der Waals surface area contributed by atoms with Crippen molar-refractivity contribution in [2.75, 3.05) is 13.7 Å². The van der Waals surface area contributed by atoms with Gasteiger partial charge >= 0.3 is 5.97 Å². The molecule has 1 N–H and O–H groups in total. The Morgan fingerprint density at radius 3 is 2.65 bits per heavy atom. The summed E-state index contributed by atoms with van der Waals surface area (Å²) >= 11 is 0. The van der Waals surface area contributed by atoms with Gasteiger partial charge in [-0.2, -0.15) is 5.10 Å². The summed E-state index contributed by atoms with van der Waals surface area (Å²) in [5, 5.41) is 7.87. The van der Waals surface area contributed by atoms with Crippen LogP contribution in [0.4, 0.5) is 0 Å². The normalized spacial score (nSPS) is 10.7. The van der Waals surface area contributed by atoms with Gasteiger partial charge in [-0.15, -0.1) is 0 Å². The van der Waals surface area contributed by atoms with E-state index in [1.54, 1.807) is 17.8 Å². The van der Waals surface area contributed by atoms with Crippen LogP contribution in [0.15, 0.2) is 36.4 Å². The zero-order valence-corrected chi connectivity index (χ0v) is 14.9. The fraction of sp³-hybridized carbons (Fsp3) is 0.263. The lowest BCUT2D eigenvalue weighted by Crippen LogP contribution is -2.26. The lowest BCUT2D eigenvalue weighted by Gasteiger charge is -2.09. The number of rotatable bonds is 5. The van der Waals surface area contributed by atoms with Gasteiger partial charge in [0.15, 0.2) is 5.65 Å². The van der Waals surface area contributed by atoms with Crippen LogP contribution in [0, 0.1) is 6.92 Å². The van der Waals surface area contributed by atoms with Gasteiger partial charge in [0, 0.05) is 19.2 Å². The van der Waals surface area contributed by atoms with Crippen LogP contribution in [0.2, 0.25) is 0 Å². The van der Waals surface area contributed by atoms with Gasteiger partial charge in [0.2, 0.25) is 0 Å². The molecule has 1 aromatic carbocycles. The highest BCUT2D eigenvalue weighted by atomic mass is 16.5. The molecular formula is C19H20N4O3. The second-order valence-corrected chi connectivity index (χ2v) is 5.91. The molecule has 0 atom stereocenters. The monoisotopic (exact) mass is 352 g/mol. The average molecular weight is 352 g/mol. The Morgan fingerprint density at radius 2 is 1.96 bits per heavy atom. The number of esters is 1. The Labute approximate surface area is 151 Å². The Hall–Kier alpha value is -3.22. The van der Waals surface area contributed by atoms with Crippen LogP contribution in [-0.4, -0.2) is 40.3 Å². The van der Waals surface area contributed by atoms with Crippen LogP contribution in [0.25, 0.3) is 22.3 Å². The molecule has 0 aliphatic carbocycles. The lowest BCUT2D eigenvalue weighted by atomic mass is 10.0. The Kier molecular flexibility index (Phi) is 4.97. The molecule has 3 aromatic rings. The third-order valence-electron chi connectivity index (χ3n) is 4.13. The van der Waals surface area contributed by atoms with E-state index in [9.17, 15) is 9.59 Å². The third-order valence-corrected chi connectivity index (χ3v) is 4.13. The topological polar surface area (TPSA) is 86.1 Å². The predicted octanol–water partition coefficient (Wildman–Crippen LogP) is 2.24. The van der Waals surface area contributed by atoms with Crippen molar-refractivity contribution < 1.29 is 14.3 Å². The minimum atomic E-state index is -0.368. The number of carbonyl (C=O) groups is 2. The Morgan fingerprint density at radius 1 is 1.23 bits per heavy atom. The zero-order valence-electron chi connectivity index (χ0n) is 14.9. The Balaban J connectivity index is 2.02. The van der Waals surface area contributed by atoms with Crippen molar-refractivity contribution in [2.24, 2.45) is 7.05 Å². The summed E-state index contributed by atoms with van der Waals surface area (Å²) in [6.07, 6.45) is 0.119. The van der Waals surface area contributed by atoms with E-state index < -0.39 is 0 Å². The highest BCUT2D eigenvalue weighted by Crippen LogP contribution is 2.26. The lowest BCUT2D eigenvalue weighted by molar-refractivity contribution is -0.140. The molecule has 3 rings (SSSR count). The number of fused-ring (bicyclic) bond motifs is 1. The molecule has 134 valence electrons. The van der Waals surface area contributed by atoms with Crippen molar-refractivity contribution in [2.45, 2.75) is 13.3 Å². The minimum Gasteiger partial charge on any atom is -0.469 e. The van der Waals surface area contributed by atoms with E-state index in [0.717, 1.165) is 11.3 Å². The number of pyridine rings is 1. The fourth-order valence-electron chi connectivity index (χ4n) is 2.86. The summed E-state index contributed by atoms with van der Waals surface area (Å²) in [5.41, 5.74) is 3.47. The third kappa shape index (κ3) is 3.42. The molecule has 1 amide bonds. The number of benzene rings is 1. The minimum absolute atomic E-state index is 0.119. The van der Waals surface area contributed by atoms with Gasteiger partial charge < -0.3 is 10.1 Å². The summed E-state index contributed by atoms with van der Waals surface area (Å²) in [5.74, 6) is -0.637. The van der Waals surface area contributed by atoms with Crippen LogP contribution >= 0.6 is 0 Å². The van der Waals surface area contributed by atoms with Crippen LogP contribution in [0.1, 0.15) is 22.5 Å². The fourth-order valence-corrected chi connectivity index (χ4v) is 2.86. The van der Waals surface area contributed by atoms with E-state index in [1.165, 1.54) is 7.11 Å². The first-order valence-corrected chi connectivity index (χ1v) is 8.26. The number of aryl methyl sites for hydroxylation is 2. The summed E-state index contributed by atoms with van der Waals surface area (Å²) in [6.45, 7) is 2.05. The number of aromatic nitrogens is 3. The number of amides is 1. The molecule has 0 fully saturated rings. The number of ether oxygens (including phenoxy) is 1. The van der Waals surface area contributed by atoms with E-state index >= 15 is 0 Å². The molecule has 0 bridgehead atoms. The first kappa shape index (κ1) is 17.6. The van der Waals surface area contributed by atoms with Crippen molar-refractivity contribution in [1.29, 1.82) is 0 Å². The zero-order chi connectivity index (χ0) is 18.7. The molecular weight excluding hydrogens is 332 g/mol. The van der Waals surface area contributed by atoms with Crippen molar-refractivity contribution in [3.63, 3.8) is 0 Å². The molecule has 26 heavy (non-hydrogen) atoms. The molecule has 0 saturated carbocycles. The molecule has 0 radical (unpaired) electrons.